The first kappa shape index (κ1) is 18.8. The van der Waals surface area contributed by atoms with Gasteiger partial charge < -0.3 is 15.8 Å². The molecule has 1 rings (SSSR count). The fraction of sp³-hybridized carbons (Fsp3) is 0.471. The van der Waals surface area contributed by atoms with Crippen molar-refractivity contribution in [1.82, 2.24) is 0 Å². The van der Waals surface area contributed by atoms with Gasteiger partial charge in [0.2, 0.25) is 0 Å². The minimum absolute atomic E-state index is 0.569. The molecule has 0 aliphatic rings. The van der Waals surface area contributed by atoms with Gasteiger partial charge in [0.05, 0.1) is 0 Å². The van der Waals surface area contributed by atoms with Crippen LogP contribution in [0.25, 0.3) is 0 Å². The van der Waals surface area contributed by atoms with Gasteiger partial charge in [0, 0.05) is 30.9 Å². The lowest BCUT2D eigenvalue weighted by molar-refractivity contribution is 0.129. The molecule has 0 bridgehead atoms. The Kier molecular flexibility index (Phi) is 10.5. The second-order valence-corrected chi connectivity index (χ2v) is 5.92. The first-order valence-corrected chi connectivity index (χ1v) is 9.04. The maximum atomic E-state index is 10.8. The number of carbonyl (C=O) groups excluding carboxylic acids is 1. The lowest BCUT2D eigenvalue weighted by atomic mass is 10.2. The van der Waals surface area contributed by atoms with Crippen molar-refractivity contribution in [2.45, 2.75) is 32.1 Å². The van der Waals surface area contributed by atoms with Crippen molar-refractivity contribution in [2.75, 3.05) is 23.0 Å². The maximum absolute atomic E-state index is 10.8. The number of hydrogen-bond acceptors (Lipinski definition) is 2. The van der Waals surface area contributed by atoms with Crippen LogP contribution in [0.2, 0.25) is 0 Å². The van der Waals surface area contributed by atoms with Gasteiger partial charge in [-0.15, -0.1) is 0 Å². The molecule has 0 aliphatic carbocycles. The molecule has 0 fully saturated rings. The number of alkyl halides is 1. The van der Waals surface area contributed by atoms with E-state index in [-0.39, 0.29) is 0 Å². The topological polar surface area (TPSA) is 64.4 Å². The zero-order valence-corrected chi connectivity index (χ0v) is 14.9. The first-order chi connectivity index (χ1) is 10.7. The Labute approximate surface area is 146 Å². The highest BCUT2D eigenvalue weighted by Crippen LogP contribution is 2.09. The molecule has 0 saturated heterocycles. The number of anilines is 1. The molecule has 0 aliphatic heterocycles. The van der Waals surface area contributed by atoms with Gasteiger partial charge in [-0.05, 0) is 41.9 Å². The van der Waals surface area contributed by atoms with E-state index in [0.717, 1.165) is 38.0 Å². The number of urea groups is 1. The number of unbranched alkanes of at least 4 members (excludes halogenated alkanes) is 3. The third-order valence-corrected chi connectivity index (χ3v) is 3.64. The van der Waals surface area contributed by atoms with Gasteiger partial charge in [0.1, 0.15) is 0 Å². The molecular weight excluding hydrogens is 391 g/mol. The van der Waals surface area contributed by atoms with Crippen molar-refractivity contribution < 1.29 is 9.53 Å². The quantitative estimate of drug-likeness (QED) is 0.278. The average molecular weight is 414 g/mol. The molecule has 4 nitrogen and oxygen atoms in total. The number of ether oxygens (including phenoxy) is 1. The summed E-state index contributed by atoms with van der Waals surface area (Å²) in [5.41, 5.74) is 6.61. The highest BCUT2D eigenvalue weighted by atomic mass is 127. The van der Waals surface area contributed by atoms with E-state index in [2.05, 4.69) is 39.7 Å². The smallest absolute Gasteiger partial charge is 0.316 e. The first-order valence-electron chi connectivity index (χ1n) is 7.51. The molecule has 2 amide bonds. The number of carbonyl (C=O) groups is 1. The Morgan fingerprint density at radius 2 is 2.05 bits per heavy atom. The zero-order valence-electron chi connectivity index (χ0n) is 12.7. The Morgan fingerprint density at radius 1 is 1.23 bits per heavy atom. The van der Waals surface area contributed by atoms with Crippen LogP contribution in [0.1, 0.15) is 37.7 Å². The molecule has 0 radical (unpaired) electrons. The van der Waals surface area contributed by atoms with Crippen LogP contribution < -0.4 is 11.1 Å². The van der Waals surface area contributed by atoms with Crippen LogP contribution in [-0.2, 0) is 4.74 Å². The minimum Gasteiger partial charge on any atom is -0.381 e. The van der Waals surface area contributed by atoms with Crippen LogP contribution in [0.3, 0.4) is 0 Å². The van der Waals surface area contributed by atoms with Crippen LogP contribution in [-0.4, -0.2) is 23.7 Å². The molecule has 1 aromatic rings. The van der Waals surface area contributed by atoms with E-state index >= 15 is 0 Å². The fourth-order valence-corrected chi connectivity index (χ4v) is 2.36. The molecule has 5 heteroatoms. The van der Waals surface area contributed by atoms with Crippen molar-refractivity contribution in [1.29, 1.82) is 0 Å². The number of rotatable bonds is 9. The molecule has 22 heavy (non-hydrogen) atoms. The van der Waals surface area contributed by atoms with E-state index in [9.17, 15) is 4.79 Å². The van der Waals surface area contributed by atoms with Gasteiger partial charge in [-0.1, -0.05) is 46.9 Å². The Hall–Kier alpha value is -1.26. The van der Waals surface area contributed by atoms with Crippen molar-refractivity contribution in [2.24, 2.45) is 5.73 Å². The number of nitrogens with one attached hydrogen (secondary N) is 1. The number of nitrogens with two attached hydrogens (primary N) is 1. The number of benzene rings is 1. The van der Waals surface area contributed by atoms with Gasteiger partial charge in [-0.25, -0.2) is 4.79 Å². The summed E-state index contributed by atoms with van der Waals surface area (Å²) >= 11 is 2.40. The third kappa shape index (κ3) is 9.64. The van der Waals surface area contributed by atoms with Crippen LogP contribution in [0.4, 0.5) is 10.5 Å². The van der Waals surface area contributed by atoms with E-state index in [1.807, 2.05) is 12.1 Å². The molecule has 0 saturated carbocycles. The predicted octanol–water partition coefficient (Wildman–Crippen LogP) is 3.93. The minimum atomic E-state index is -0.569. The largest absolute Gasteiger partial charge is 0.381 e. The Bertz CT molecular complexity index is 509. The van der Waals surface area contributed by atoms with Gasteiger partial charge in [-0.3, -0.25) is 0 Å². The van der Waals surface area contributed by atoms with E-state index in [0.29, 0.717) is 5.69 Å². The van der Waals surface area contributed by atoms with Gasteiger partial charge >= 0.3 is 6.03 Å². The number of halogens is 1. The van der Waals surface area contributed by atoms with Crippen LogP contribution in [0.15, 0.2) is 24.3 Å². The van der Waals surface area contributed by atoms with E-state index in [1.54, 1.807) is 12.1 Å². The Balaban J connectivity index is 2.17. The van der Waals surface area contributed by atoms with Gasteiger partial charge in [-0.2, -0.15) is 0 Å². The molecule has 1 aromatic carbocycles. The van der Waals surface area contributed by atoms with Crippen molar-refractivity contribution in [3.63, 3.8) is 0 Å². The fourth-order valence-electron chi connectivity index (χ4n) is 1.82. The summed E-state index contributed by atoms with van der Waals surface area (Å²) in [6.07, 6.45) is 5.42. The summed E-state index contributed by atoms with van der Waals surface area (Å²) in [5.74, 6) is 6.20. The predicted molar refractivity (Wildman–Crippen MR) is 99.3 cm³/mol. The second kappa shape index (κ2) is 12.3. The van der Waals surface area contributed by atoms with Crippen LogP contribution in [0.5, 0.6) is 0 Å². The number of primary amides is 1. The van der Waals surface area contributed by atoms with Gasteiger partial charge in [0.15, 0.2) is 0 Å². The number of amides is 2. The summed E-state index contributed by atoms with van der Waals surface area (Å²) in [5, 5.41) is 2.53. The molecule has 0 atom stereocenters. The molecule has 120 valence electrons. The number of hydrogen-bond donors (Lipinski definition) is 2. The van der Waals surface area contributed by atoms with Crippen molar-refractivity contribution in [3.05, 3.63) is 29.8 Å². The summed E-state index contributed by atoms with van der Waals surface area (Å²) in [6.45, 7) is 1.62. The summed E-state index contributed by atoms with van der Waals surface area (Å²) in [7, 11) is 0. The molecule has 0 spiro atoms. The average Bonchev–Trinajstić information content (AvgIpc) is 2.49. The summed E-state index contributed by atoms with van der Waals surface area (Å²) in [6, 6.07) is 6.76. The van der Waals surface area contributed by atoms with E-state index < -0.39 is 6.03 Å². The van der Waals surface area contributed by atoms with Crippen molar-refractivity contribution in [3.8, 4) is 11.8 Å². The SMILES string of the molecule is NC(=O)Nc1cccc(C#CCCCOCCCCCI)c1. The van der Waals surface area contributed by atoms with E-state index in [4.69, 9.17) is 10.5 Å². The van der Waals surface area contributed by atoms with E-state index in [1.165, 1.54) is 17.3 Å². The lowest BCUT2D eigenvalue weighted by Gasteiger charge is -2.02. The highest BCUT2D eigenvalue weighted by molar-refractivity contribution is 14.1. The highest BCUT2D eigenvalue weighted by Gasteiger charge is 1.96. The third-order valence-electron chi connectivity index (χ3n) is 2.88. The van der Waals surface area contributed by atoms with Crippen LogP contribution in [0, 0.1) is 11.8 Å². The zero-order chi connectivity index (χ0) is 16.0. The van der Waals surface area contributed by atoms with Crippen LogP contribution >= 0.6 is 22.6 Å². The summed E-state index contributed by atoms with van der Waals surface area (Å²) in [4.78, 5) is 10.8. The molecule has 0 aromatic heterocycles. The normalized spacial score (nSPS) is 9.86. The second-order valence-electron chi connectivity index (χ2n) is 4.84. The Morgan fingerprint density at radius 3 is 2.82 bits per heavy atom. The standard InChI is InChI=1S/C17H23IN2O2/c18-11-4-2-6-13-22-12-5-1-3-8-15-9-7-10-16(14-15)20-17(19)21/h7,9-10,14H,1-2,4-6,11-13H2,(H3,19,20,21). The monoisotopic (exact) mass is 414 g/mol. The molecule has 3 N–H and O–H groups in total. The maximum Gasteiger partial charge on any atom is 0.316 e. The van der Waals surface area contributed by atoms with Crippen molar-refractivity contribution >= 4 is 34.3 Å². The lowest BCUT2D eigenvalue weighted by Crippen LogP contribution is -2.19. The van der Waals surface area contributed by atoms with Gasteiger partial charge in [0.25, 0.3) is 0 Å². The molecule has 0 unspecified atom stereocenters. The molecule has 0 heterocycles. The molecular formula is C17H23IN2O2. The summed E-state index contributed by atoms with van der Waals surface area (Å²) < 4.78 is 6.79.